The van der Waals surface area contributed by atoms with Crippen LogP contribution in [0.15, 0.2) is 42.5 Å². The Hall–Kier alpha value is -2.50. The molecule has 1 amide bonds. The molecular formula is C22H25ClN4O. The van der Waals surface area contributed by atoms with Crippen LogP contribution in [0.5, 0.6) is 0 Å². The van der Waals surface area contributed by atoms with Crippen LogP contribution < -0.4 is 10.2 Å². The fourth-order valence-corrected chi connectivity index (χ4v) is 3.94. The zero-order valence-electron chi connectivity index (χ0n) is 16.3. The normalized spacial score (nSPS) is 15.2. The van der Waals surface area contributed by atoms with Crippen molar-refractivity contribution in [3.63, 3.8) is 0 Å². The molecule has 6 heteroatoms. The standard InChI is InChI=1S/C22H25ClN4O/c1-15-19(20-13-16(23)3-8-21(20)24-15)14-22(28)25-17-4-6-18(7-5-17)27-11-9-26(2)10-12-27/h3-8,13,24H,9-12,14H2,1-2H3,(H,25,28). The number of nitrogens with one attached hydrogen (secondary N) is 2. The van der Waals surface area contributed by atoms with Crippen molar-refractivity contribution in [2.45, 2.75) is 13.3 Å². The lowest BCUT2D eigenvalue weighted by Crippen LogP contribution is -2.44. The second-order valence-corrected chi connectivity index (χ2v) is 7.92. The maximum atomic E-state index is 12.6. The van der Waals surface area contributed by atoms with E-state index in [0.717, 1.165) is 54.0 Å². The number of aromatic amines is 1. The Morgan fingerprint density at radius 1 is 1.11 bits per heavy atom. The third-order valence-electron chi connectivity index (χ3n) is 5.44. The van der Waals surface area contributed by atoms with Crippen molar-refractivity contribution in [2.75, 3.05) is 43.4 Å². The van der Waals surface area contributed by atoms with Crippen LogP contribution in [0.2, 0.25) is 5.02 Å². The van der Waals surface area contributed by atoms with Gasteiger partial charge in [0.2, 0.25) is 5.91 Å². The number of rotatable bonds is 4. The van der Waals surface area contributed by atoms with E-state index in [-0.39, 0.29) is 5.91 Å². The van der Waals surface area contributed by atoms with Crippen LogP contribution in [0.1, 0.15) is 11.3 Å². The van der Waals surface area contributed by atoms with Gasteiger partial charge in [0.15, 0.2) is 0 Å². The molecule has 0 spiro atoms. The van der Waals surface area contributed by atoms with Gasteiger partial charge >= 0.3 is 0 Å². The van der Waals surface area contributed by atoms with Gasteiger partial charge in [-0.1, -0.05) is 11.6 Å². The number of hydrogen-bond donors (Lipinski definition) is 2. The van der Waals surface area contributed by atoms with E-state index in [0.29, 0.717) is 11.4 Å². The molecule has 4 rings (SSSR count). The van der Waals surface area contributed by atoms with Gasteiger partial charge < -0.3 is 20.1 Å². The number of carbonyl (C=O) groups excluding carboxylic acids is 1. The number of H-pyrrole nitrogens is 1. The van der Waals surface area contributed by atoms with Gasteiger partial charge in [-0.2, -0.15) is 0 Å². The number of aryl methyl sites for hydroxylation is 1. The third kappa shape index (κ3) is 4.01. The van der Waals surface area contributed by atoms with Crippen LogP contribution in [0.4, 0.5) is 11.4 Å². The number of benzene rings is 2. The first kappa shape index (κ1) is 18.8. The summed E-state index contributed by atoms with van der Waals surface area (Å²) < 4.78 is 0. The minimum absolute atomic E-state index is 0.0312. The number of nitrogens with zero attached hydrogens (tertiary/aromatic N) is 2. The summed E-state index contributed by atoms with van der Waals surface area (Å²) in [5.74, 6) is -0.0312. The Balaban J connectivity index is 1.43. The van der Waals surface area contributed by atoms with Gasteiger partial charge in [0, 0.05) is 59.2 Å². The van der Waals surface area contributed by atoms with Crippen molar-refractivity contribution in [1.82, 2.24) is 9.88 Å². The summed E-state index contributed by atoms with van der Waals surface area (Å²) in [7, 11) is 2.15. The summed E-state index contributed by atoms with van der Waals surface area (Å²) >= 11 is 6.13. The van der Waals surface area contributed by atoms with E-state index in [2.05, 4.69) is 39.3 Å². The summed E-state index contributed by atoms with van der Waals surface area (Å²) in [4.78, 5) is 20.7. The highest BCUT2D eigenvalue weighted by Crippen LogP contribution is 2.26. The third-order valence-corrected chi connectivity index (χ3v) is 5.67. The SMILES string of the molecule is Cc1[nH]c2ccc(Cl)cc2c1CC(=O)Nc1ccc(N2CCN(C)CC2)cc1. The molecule has 1 aromatic heterocycles. The molecule has 1 aliphatic heterocycles. The molecule has 0 saturated carbocycles. The maximum absolute atomic E-state index is 12.6. The average molecular weight is 397 g/mol. The Morgan fingerprint density at radius 3 is 2.54 bits per heavy atom. The van der Waals surface area contributed by atoms with E-state index in [1.807, 2.05) is 37.3 Å². The molecule has 0 unspecified atom stereocenters. The van der Waals surface area contributed by atoms with Crippen molar-refractivity contribution in [1.29, 1.82) is 0 Å². The molecule has 2 N–H and O–H groups in total. The summed E-state index contributed by atoms with van der Waals surface area (Å²) in [6.45, 7) is 6.20. The van der Waals surface area contributed by atoms with E-state index in [1.54, 1.807) is 0 Å². The number of anilines is 2. The molecule has 0 aliphatic carbocycles. The highest BCUT2D eigenvalue weighted by Gasteiger charge is 2.15. The number of likely N-dealkylation sites (N-methyl/N-ethyl adjacent to an activating group) is 1. The Bertz CT molecular complexity index is 988. The quantitative estimate of drug-likeness (QED) is 0.699. The predicted octanol–water partition coefficient (Wildman–Crippen LogP) is 4.06. The highest BCUT2D eigenvalue weighted by molar-refractivity contribution is 6.31. The first-order chi connectivity index (χ1) is 13.5. The van der Waals surface area contributed by atoms with Crippen molar-refractivity contribution < 1.29 is 4.79 Å². The molecule has 5 nitrogen and oxygen atoms in total. The summed E-state index contributed by atoms with van der Waals surface area (Å²) in [6, 6.07) is 13.8. The minimum Gasteiger partial charge on any atom is -0.369 e. The maximum Gasteiger partial charge on any atom is 0.228 e. The lowest BCUT2D eigenvalue weighted by Gasteiger charge is -2.34. The van der Waals surface area contributed by atoms with Crippen LogP contribution in [-0.2, 0) is 11.2 Å². The fourth-order valence-electron chi connectivity index (χ4n) is 3.77. The number of amides is 1. The summed E-state index contributed by atoms with van der Waals surface area (Å²) in [6.07, 6.45) is 0.312. The number of aromatic nitrogens is 1. The smallest absolute Gasteiger partial charge is 0.228 e. The first-order valence-electron chi connectivity index (χ1n) is 9.60. The molecule has 1 saturated heterocycles. The van der Waals surface area contributed by atoms with Crippen LogP contribution in [-0.4, -0.2) is 49.0 Å². The molecule has 0 radical (unpaired) electrons. The van der Waals surface area contributed by atoms with E-state index < -0.39 is 0 Å². The van der Waals surface area contributed by atoms with Crippen LogP contribution in [0, 0.1) is 6.92 Å². The van der Waals surface area contributed by atoms with Crippen molar-refractivity contribution in [3.8, 4) is 0 Å². The summed E-state index contributed by atoms with van der Waals surface area (Å²) in [5, 5.41) is 4.69. The number of fused-ring (bicyclic) bond motifs is 1. The molecule has 2 aromatic carbocycles. The second kappa shape index (κ2) is 7.86. The average Bonchev–Trinajstić information content (AvgIpc) is 2.98. The van der Waals surface area contributed by atoms with Crippen LogP contribution in [0.25, 0.3) is 10.9 Å². The molecule has 2 heterocycles. The van der Waals surface area contributed by atoms with Gasteiger partial charge in [-0.05, 0) is 62.0 Å². The van der Waals surface area contributed by atoms with Crippen LogP contribution in [0.3, 0.4) is 0 Å². The molecule has 3 aromatic rings. The van der Waals surface area contributed by atoms with E-state index in [4.69, 9.17) is 11.6 Å². The Morgan fingerprint density at radius 2 is 1.82 bits per heavy atom. The van der Waals surface area contributed by atoms with Gasteiger partial charge in [-0.15, -0.1) is 0 Å². The van der Waals surface area contributed by atoms with Crippen molar-refractivity contribution >= 4 is 39.8 Å². The lowest BCUT2D eigenvalue weighted by atomic mass is 10.1. The van der Waals surface area contributed by atoms with Crippen LogP contribution >= 0.6 is 11.6 Å². The predicted molar refractivity (Wildman–Crippen MR) is 117 cm³/mol. The molecule has 146 valence electrons. The zero-order valence-corrected chi connectivity index (χ0v) is 17.0. The van der Waals surface area contributed by atoms with Gasteiger partial charge in [0.1, 0.15) is 0 Å². The monoisotopic (exact) mass is 396 g/mol. The van der Waals surface area contributed by atoms with Gasteiger partial charge in [-0.25, -0.2) is 0 Å². The van der Waals surface area contributed by atoms with Gasteiger partial charge in [0.25, 0.3) is 0 Å². The van der Waals surface area contributed by atoms with E-state index in [9.17, 15) is 4.79 Å². The molecule has 0 bridgehead atoms. The topological polar surface area (TPSA) is 51.4 Å². The molecule has 0 atom stereocenters. The molecular weight excluding hydrogens is 372 g/mol. The lowest BCUT2D eigenvalue weighted by molar-refractivity contribution is -0.115. The number of piperazine rings is 1. The highest BCUT2D eigenvalue weighted by atomic mass is 35.5. The van der Waals surface area contributed by atoms with Gasteiger partial charge in [0.05, 0.1) is 6.42 Å². The fraction of sp³-hybridized carbons (Fsp3) is 0.318. The number of hydrogen-bond acceptors (Lipinski definition) is 3. The first-order valence-corrected chi connectivity index (χ1v) is 9.97. The largest absolute Gasteiger partial charge is 0.369 e. The van der Waals surface area contributed by atoms with E-state index >= 15 is 0 Å². The van der Waals surface area contributed by atoms with Crippen molar-refractivity contribution in [3.05, 3.63) is 58.7 Å². The number of carbonyl (C=O) groups is 1. The number of halogens is 1. The van der Waals surface area contributed by atoms with Crippen molar-refractivity contribution in [2.24, 2.45) is 0 Å². The second-order valence-electron chi connectivity index (χ2n) is 7.48. The Labute approximate surface area is 170 Å². The zero-order chi connectivity index (χ0) is 19.7. The van der Waals surface area contributed by atoms with Gasteiger partial charge in [-0.3, -0.25) is 4.79 Å². The molecule has 1 aliphatic rings. The molecule has 28 heavy (non-hydrogen) atoms. The summed E-state index contributed by atoms with van der Waals surface area (Å²) in [5.41, 5.74) is 5.01. The molecule has 1 fully saturated rings. The Kier molecular flexibility index (Phi) is 5.29. The minimum atomic E-state index is -0.0312. The van der Waals surface area contributed by atoms with E-state index in [1.165, 1.54) is 5.69 Å².